The van der Waals surface area contributed by atoms with Gasteiger partial charge in [0.15, 0.2) is 0 Å². The van der Waals surface area contributed by atoms with Crippen molar-refractivity contribution in [1.82, 2.24) is 15.6 Å². The first-order chi connectivity index (χ1) is 8.51. The maximum Gasteiger partial charge on any atom is 0.226 e. The van der Waals surface area contributed by atoms with Gasteiger partial charge in [0.2, 0.25) is 11.8 Å². The molecule has 1 fully saturated rings. The lowest BCUT2D eigenvalue weighted by Crippen LogP contribution is -2.46. The van der Waals surface area contributed by atoms with Gasteiger partial charge in [0.05, 0.1) is 6.20 Å². The van der Waals surface area contributed by atoms with Crippen LogP contribution in [0.25, 0.3) is 0 Å². The van der Waals surface area contributed by atoms with E-state index < -0.39 is 0 Å². The van der Waals surface area contributed by atoms with Gasteiger partial charge in [-0.05, 0) is 39.8 Å². The van der Waals surface area contributed by atoms with Crippen LogP contribution >= 0.6 is 0 Å². The number of oxazole rings is 1. The van der Waals surface area contributed by atoms with E-state index in [1.165, 1.54) is 0 Å². The number of aromatic nitrogens is 1. The summed E-state index contributed by atoms with van der Waals surface area (Å²) in [6.45, 7) is 7.57. The summed E-state index contributed by atoms with van der Waals surface area (Å²) in [5, 5.41) is 6.27. The minimum absolute atomic E-state index is 0.0901. The fraction of sp³-hybridized carbons (Fsp3) is 0.692. The highest BCUT2D eigenvalue weighted by molar-refractivity contribution is 5.82. The number of hydrogen-bond acceptors (Lipinski definition) is 4. The van der Waals surface area contributed by atoms with Crippen molar-refractivity contribution in [2.45, 2.75) is 39.7 Å². The quantitative estimate of drug-likeness (QED) is 0.855. The second-order valence-corrected chi connectivity index (χ2v) is 5.31. The van der Waals surface area contributed by atoms with Gasteiger partial charge in [0.1, 0.15) is 11.8 Å². The van der Waals surface area contributed by atoms with Crippen molar-refractivity contribution in [3.63, 3.8) is 0 Å². The Kier molecular flexibility index (Phi) is 3.71. The minimum atomic E-state index is -0.277. The summed E-state index contributed by atoms with van der Waals surface area (Å²) >= 11 is 0. The van der Waals surface area contributed by atoms with Crippen LogP contribution in [0.4, 0.5) is 0 Å². The zero-order chi connectivity index (χ0) is 13.2. The molecule has 1 saturated heterocycles. The largest absolute Gasteiger partial charge is 0.444 e. The van der Waals surface area contributed by atoms with E-state index >= 15 is 0 Å². The summed E-state index contributed by atoms with van der Waals surface area (Å²) in [5.41, 5.74) is -0.277. The zero-order valence-electron chi connectivity index (χ0n) is 11.2. The molecule has 18 heavy (non-hydrogen) atoms. The fourth-order valence-electron chi connectivity index (χ4n) is 2.21. The summed E-state index contributed by atoms with van der Waals surface area (Å²) in [6.07, 6.45) is 3.41. The molecule has 0 saturated carbocycles. The second-order valence-electron chi connectivity index (χ2n) is 5.31. The molecule has 0 bridgehead atoms. The number of nitrogens with one attached hydrogen (secondary N) is 2. The van der Waals surface area contributed by atoms with Gasteiger partial charge < -0.3 is 15.1 Å². The van der Waals surface area contributed by atoms with Crippen molar-refractivity contribution in [2.24, 2.45) is 5.41 Å². The number of nitrogens with zero attached hydrogens (tertiary/aromatic N) is 1. The number of amides is 1. The molecule has 0 aromatic carbocycles. The highest BCUT2D eigenvalue weighted by atomic mass is 16.4. The molecule has 1 aromatic heterocycles. The Morgan fingerprint density at radius 2 is 2.22 bits per heavy atom. The topological polar surface area (TPSA) is 67.2 Å². The molecular weight excluding hydrogens is 230 g/mol. The van der Waals surface area contributed by atoms with E-state index in [0.29, 0.717) is 5.89 Å². The summed E-state index contributed by atoms with van der Waals surface area (Å²) < 4.78 is 5.43. The Balaban J connectivity index is 1.98. The first-order valence-electron chi connectivity index (χ1n) is 6.45. The van der Waals surface area contributed by atoms with Crippen molar-refractivity contribution in [1.29, 1.82) is 0 Å². The molecule has 5 nitrogen and oxygen atoms in total. The minimum Gasteiger partial charge on any atom is -0.444 e. The summed E-state index contributed by atoms with van der Waals surface area (Å²) in [7, 11) is 0. The average molecular weight is 251 g/mol. The lowest BCUT2D eigenvalue weighted by molar-refractivity contribution is -0.132. The third-order valence-corrected chi connectivity index (χ3v) is 3.61. The van der Waals surface area contributed by atoms with Gasteiger partial charge in [0, 0.05) is 5.41 Å². The summed E-state index contributed by atoms with van der Waals surface area (Å²) in [6, 6.07) is -0.182. The number of carbonyl (C=O) groups is 1. The van der Waals surface area contributed by atoms with Crippen LogP contribution < -0.4 is 10.6 Å². The van der Waals surface area contributed by atoms with Crippen LogP contribution in [0, 0.1) is 12.3 Å². The molecule has 5 heteroatoms. The third-order valence-electron chi connectivity index (χ3n) is 3.61. The van der Waals surface area contributed by atoms with E-state index in [2.05, 4.69) is 15.6 Å². The van der Waals surface area contributed by atoms with E-state index in [0.717, 1.165) is 31.7 Å². The lowest BCUT2D eigenvalue weighted by atomic mass is 9.80. The molecule has 0 aliphatic carbocycles. The van der Waals surface area contributed by atoms with Gasteiger partial charge in [-0.2, -0.15) is 0 Å². The third kappa shape index (κ3) is 2.72. The number of hydrogen-bond donors (Lipinski definition) is 2. The smallest absolute Gasteiger partial charge is 0.226 e. The van der Waals surface area contributed by atoms with Gasteiger partial charge in [-0.25, -0.2) is 4.98 Å². The van der Waals surface area contributed by atoms with Gasteiger partial charge in [0.25, 0.3) is 0 Å². The standard InChI is InChI=1S/C13H21N3O2/c1-9-8-15-11(18-9)10(2)16-12(17)13(3)4-6-14-7-5-13/h8,10,14H,4-7H2,1-3H3,(H,16,17). The van der Waals surface area contributed by atoms with Crippen LogP contribution in [0.15, 0.2) is 10.6 Å². The van der Waals surface area contributed by atoms with Crippen molar-refractivity contribution in [3.8, 4) is 0 Å². The van der Waals surface area contributed by atoms with Crippen molar-refractivity contribution in [2.75, 3.05) is 13.1 Å². The zero-order valence-corrected chi connectivity index (χ0v) is 11.2. The SMILES string of the molecule is Cc1cnc(C(C)NC(=O)C2(C)CCNCC2)o1. The molecule has 100 valence electrons. The number of piperidine rings is 1. The van der Waals surface area contributed by atoms with Crippen LogP contribution in [0.2, 0.25) is 0 Å². The predicted molar refractivity (Wildman–Crippen MR) is 68.0 cm³/mol. The molecule has 1 aromatic rings. The van der Waals surface area contributed by atoms with Gasteiger partial charge in [-0.15, -0.1) is 0 Å². The van der Waals surface area contributed by atoms with E-state index in [1.54, 1.807) is 6.20 Å². The number of aryl methyl sites for hydroxylation is 1. The average Bonchev–Trinajstić information content (AvgIpc) is 2.77. The monoisotopic (exact) mass is 251 g/mol. The van der Waals surface area contributed by atoms with Gasteiger partial charge >= 0.3 is 0 Å². The van der Waals surface area contributed by atoms with E-state index in [9.17, 15) is 4.79 Å². The summed E-state index contributed by atoms with van der Waals surface area (Å²) in [4.78, 5) is 16.4. The summed E-state index contributed by atoms with van der Waals surface area (Å²) in [5.74, 6) is 1.42. The highest BCUT2D eigenvalue weighted by Crippen LogP contribution is 2.29. The first-order valence-corrected chi connectivity index (χ1v) is 6.45. The molecule has 2 heterocycles. The Labute approximate surface area is 107 Å². The molecule has 0 spiro atoms. The maximum absolute atomic E-state index is 12.3. The van der Waals surface area contributed by atoms with E-state index in [-0.39, 0.29) is 17.4 Å². The molecule has 1 amide bonds. The molecule has 2 N–H and O–H groups in total. The van der Waals surface area contributed by atoms with E-state index in [1.807, 2.05) is 20.8 Å². The van der Waals surface area contributed by atoms with Crippen molar-refractivity contribution < 1.29 is 9.21 Å². The Morgan fingerprint density at radius 1 is 1.56 bits per heavy atom. The van der Waals surface area contributed by atoms with Crippen LogP contribution in [0.3, 0.4) is 0 Å². The van der Waals surface area contributed by atoms with E-state index in [4.69, 9.17) is 4.42 Å². The molecule has 0 radical (unpaired) electrons. The Morgan fingerprint density at radius 3 is 2.78 bits per heavy atom. The molecule has 1 aliphatic rings. The fourth-order valence-corrected chi connectivity index (χ4v) is 2.21. The highest BCUT2D eigenvalue weighted by Gasteiger charge is 2.35. The molecule has 2 rings (SSSR count). The van der Waals surface area contributed by atoms with Crippen molar-refractivity contribution in [3.05, 3.63) is 17.8 Å². The van der Waals surface area contributed by atoms with Crippen LogP contribution in [0.5, 0.6) is 0 Å². The Bertz CT molecular complexity index is 422. The van der Waals surface area contributed by atoms with Crippen LogP contribution in [-0.2, 0) is 4.79 Å². The van der Waals surface area contributed by atoms with Crippen molar-refractivity contribution >= 4 is 5.91 Å². The first kappa shape index (κ1) is 13.1. The van der Waals surface area contributed by atoms with Crippen LogP contribution in [0.1, 0.15) is 44.4 Å². The lowest BCUT2D eigenvalue weighted by Gasteiger charge is -2.33. The molecule has 1 aliphatic heterocycles. The van der Waals surface area contributed by atoms with Crippen LogP contribution in [-0.4, -0.2) is 24.0 Å². The normalized spacial score (nSPS) is 20.4. The number of rotatable bonds is 3. The predicted octanol–water partition coefficient (Wildman–Crippen LogP) is 1.55. The maximum atomic E-state index is 12.3. The second kappa shape index (κ2) is 5.10. The molecular formula is C13H21N3O2. The van der Waals surface area contributed by atoms with Gasteiger partial charge in [-0.1, -0.05) is 6.92 Å². The van der Waals surface area contributed by atoms with Gasteiger partial charge in [-0.3, -0.25) is 4.79 Å². The number of carbonyl (C=O) groups excluding carboxylic acids is 1. The molecule has 1 atom stereocenters. The molecule has 1 unspecified atom stereocenters. The Hall–Kier alpha value is -1.36.